The van der Waals surface area contributed by atoms with Crippen molar-refractivity contribution < 1.29 is 9.05 Å². The van der Waals surface area contributed by atoms with E-state index in [-0.39, 0.29) is 0 Å². The van der Waals surface area contributed by atoms with Crippen LogP contribution in [0.1, 0.15) is 91.4 Å². The lowest BCUT2D eigenvalue weighted by Crippen LogP contribution is -1.98. The van der Waals surface area contributed by atoms with E-state index in [4.69, 9.17) is 20.9 Å². The zero-order valence-corrected chi connectivity index (χ0v) is 17.5. The Morgan fingerprint density at radius 2 is 1.14 bits per heavy atom. The van der Waals surface area contributed by atoms with Crippen molar-refractivity contribution in [3.05, 3.63) is 0 Å². The summed E-state index contributed by atoms with van der Waals surface area (Å²) in [4.78, 5) is 0. The first kappa shape index (κ1) is 22.9. The number of hydrogen-bond donors (Lipinski definition) is 0. The van der Waals surface area contributed by atoms with E-state index < -0.39 is 5.69 Å². The Labute approximate surface area is 148 Å². The van der Waals surface area contributed by atoms with Gasteiger partial charge in [-0.3, -0.25) is 0 Å². The molecule has 2 nitrogen and oxygen atoms in total. The Balaban J connectivity index is 4.02. The van der Waals surface area contributed by atoms with Gasteiger partial charge < -0.3 is 9.05 Å². The first-order chi connectivity index (χ1) is 10.7. The highest BCUT2D eigenvalue weighted by Gasteiger charge is 2.19. The molecular weight excluding hydrogens is 331 g/mol. The summed E-state index contributed by atoms with van der Waals surface area (Å²) in [6.45, 7) is 8.23. The van der Waals surface area contributed by atoms with Gasteiger partial charge in [0, 0.05) is 5.75 Å². The fourth-order valence-electron chi connectivity index (χ4n) is 2.05. The monoisotopic (exact) mass is 368 g/mol. The Kier molecular flexibility index (Phi) is 17.5. The molecule has 0 N–H and O–H groups in total. The molecule has 0 fully saturated rings. The lowest BCUT2D eigenvalue weighted by Gasteiger charge is -2.21. The van der Waals surface area contributed by atoms with Gasteiger partial charge in [0.2, 0.25) is 5.69 Å². The zero-order chi connectivity index (χ0) is 16.5. The molecule has 0 spiro atoms. The summed E-state index contributed by atoms with van der Waals surface area (Å²) in [7, 11) is 0. The van der Waals surface area contributed by atoms with Gasteiger partial charge in [0.15, 0.2) is 0 Å². The van der Waals surface area contributed by atoms with Crippen molar-refractivity contribution >= 4 is 28.9 Å². The van der Waals surface area contributed by atoms with Gasteiger partial charge in [-0.05, 0) is 31.1 Å². The van der Waals surface area contributed by atoms with Crippen LogP contribution in [0, 0.1) is 0 Å². The van der Waals surface area contributed by atoms with Crippen molar-refractivity contribution in [3.8, 4) is 0 Å². The Morgan fingerprint density at radius 3 is 1.59 bits per heavy atom. The Bertz CT molecular complexity index is 257. The van der Waals surface area contributed by atoms with Gasteiger partial charge in [-0.1, -0.05) is 83.5 Å². The van der Waals surface area contributed by atoms with Crippen molar-refractivity contribution in [3.63, 3.8) is 0 Å². The molecule has 0 aliphatic heterocycles. The lowest BCUT2D eigenvalue weighted by molar-refractivity contribution is 0.250. The van der Waals surface area contributed by atoms with Crippen molar-refractivity contribution in [1.82, 2.24) is 0 Å². The molecule has 0 aliphatic rings. The summed E-state index contributed by atoms with van der Waals surface area (Å²) in [5, 5.41) is 0. The number of rotatable bonds is 17. The number of unbranched alkanes of at least 4 members (excludes halogenated alkanes) is 8. The minimum Gasteiger partial charge on any atom is -0.322 e. The van der Waals surface area contributed by atoms with Crippen LogP contribution in [-0.2, 0) is 20.9 Å². The van der Waals surface area contributed by atoms with Crippen LogP contribution in [0.25, 0.3) is 0 Å². The summed E-state index contributed by atoms with van der Waals surface area (Å²) in [6.07, 6.45) is 13.5. The molecule has 134 valence electrons. The quantitative estimate of drug-likeness (QED) is 0.197. The van der Waals surface area contributed by atoms with E-state index >= 15 is 0 Å². The van der Waals surface area contributed by atoms with Crippen LogP contribution >= 0.6 is 17.1 Å². The van der Waals surface area contributed by atoms with Gasteiger partial charge in [0.05, 0.1) is 13.2 Å². The summed E-state index contributed by atoms with van der Waals surface area (Å²) < 4.78 is 12.1. The predicted octanol–water partition coefficient (Wildman–Crippen LogP) is 7.33. The minimum atomic E-state index is -2.11. The Hall–Kier alpha value is 0.920. The van der Waals surface area contributed by atoms with E-state index in [9.17, 15) is 0 Å². The van der Waals surface area contributed by atoms with Gasteiger partial charge in [-0.25, -0.2) is 0 Å². The first-order valence-corrected chi connectivity index (χ1v) is 13.4. The molecule has 0 atom stereocenters. The molecule has 5 heteroatoms. The normalized spacial score (nSPS) is 12.0. The molecule has 22 heavy (non-hydrogen) atoms. The molecule has 0 aliphatic carbocycles. The highest BCUT2D eigenvalue weighted by Crippen LogP contribution is 2.61. The van der Waals surface area contributed by atoms with Crippen LogP contribution in [0.3, 0.4) is 0 Å². The fourth-order valence-corrected chi connectivity index (χ4v) is 6.61. The maximum Gasteiger partial charge on any atom is 0.247 e. The van der Waals surface area contributed by atoms with E-state index in [0.29, 0.717) is 0 Å². The molecule has 0 heterocycles. The van der Waals surface area contributed by atoms with Crippen LogP contribution in [0.4, 0.5) is 0 Å². The molecule has 0 rings (SSSR count). The van der Waals surface area contributed by atoms with Crippen LogP contribution in [0.15, 0.2) is 0 Å². The van der Waals surface area contributed by atoms with Gasteiger partial charge in [-0.15, -0.1) is 0 Å². The SMILES string of the molecule is CCCCCCOP(=S)(OCCCCCC)SCCCCC. The van der Waals surface area contributed by atoms with E-state index in [0.717, 1.165) is 31.8 Å². The van der Waals surface area contributed by atoms with Gasteiger partial charge in [-0.2, -0.15) is 0 Å². The fraction of sp³-hybridized carbons (Fsp3) is 1.00. The molecule has 0 aromatic carbocycles. The second-order valence-corrected chi connectivity index (χ2v) is 12.2. The molecule has 0 bridgehead atoms. The van der Waals surface area contributed by atoms with Crippen LogP contribution < -0.4 is 0 Å². The number of hydrogen-bond acceptors (Lipinski definition) is 4. The first-order valence-electron chi connectivity index (χ1n) is 9.22. The maximum absolute atomic E-state index is 6.03. The van der Waals surface area contributed by atoms with Crippen molar-refractivity contribution in [2.45, 2.75) is 91.4 Å². The van der Waals surface area contributed by atoms with Gasteiger partial charge >= 0.3 is 0 Å². The highest BCUT2D eigenvalue weighted by atomic mass is 32.9. The highest BCUT2D eigenvalue weighted by molar-refractivity contribution is 8.67. The summed E-state index contributed by atoms with van der Waals surface area (Å²) in [5.74, 6) is 1.08. The van der Waals surface area contributed by atoms with Crippen LogP contribution in [-0.4, -0.2) is 19.0 Å². The van der Waals surface area contributed by atoms with Gasteiger partial charge in [0.1, 0.15) is 0 Å². The summed E-state index contributed by atoms with van der Waals surface area (Å²) >= 11 is 7.51. The third-order valence-corrected chi connectivity index (χ3v) is 8.99. The average molecular weight is 369 g/mol. The second kappa shape index (κ2) is 16.8. The maximum atomic E-state index is 6.03. The molecule has 0 aromatic heterocycles. The third kappa shape index (κ3) is 14.5. The van der Waals surface area contributed by atoms with E-state index in [2.05, 4.69) is 20.8 Å². The molecule has 0 aromatic rings. The smallest absolute Gasteiger partial charge is 0.247 e. The Morgan fingerprint density at radius 1 is 0.682 bits per heavy atom. The van der Waals surface area contributed by atoms with E-state index in [1.807, 2.05) is 0 Å². The summed E-state index contributed by atoms with van der Waals surface area (Å²) in [6, 6.07) is 0. The lowest BCUT2D eigenvalue weighted by atomic mass is 10.2. The van der Waals surface area contributed by atoms with Crippen molar-refractivity contribution in [2.75, 3.05) is 19.0 Å². The van der Waals surface area contributed by atoms with E-state index in [1.54, 1.807) is 11.4 Å². The van der Waals surface area contributed by atoms with Crippen molar-refractivity contribution in [1.29, 1.82) is 0 Å². The average Bonchev–Trinajstić information content (AvgIpc) is 2.51. The van der Waals surface area contributed by atoms with E-state index in [1.165, 1.54) is 57.8 Å². The molecule has 0 saturated carbocycles. The second-order valence-electron chi connectivity index (χ2n) is 5.78. The molecule has 0 radical (unpaired) electrons. The zero-order valence-electron chi connectivity index (χ0n) is 15.0. The standard InChI is InChI=1S/C17H37O2PS2/c1-4-7-10-12-15-18-20(21,22-17-14-9-6-3)19-16-13-11-8-5-2/h4-17H2,1-3H3. The molecule has 0 amide bonds. The topological polar surface area (TPSA) is 18.5 Å². The molecule has 0 unspecified atom stereocenters. The predicted molar refractivity (Wildman–Crippen MR) is 106 cm³/mol. The largest absolute Gasteiger partial charge is 0.322 e. The molecular formula is C17H37O2PS2. The minimum absolute atomic E-state index is 0.771. The van der Waals surface area contributed by atoms with Crippen molar-refractivity contribution in [2.24, 2.45) is 0 Å². The van der Waals surface area contributed by atoms with Gasteiger partial charge in [0.25, 0.3) is 0 Å². The summed E-state index contributed by atoms with van der Waals surface area (Å²) in [5.41, 5.74) is -2.11. The third-order valence-electron chi connectivity index (χ3n) is 3.49. The van der Waals surface area contributed by atoms with Crippen LogP contribution in [0.5, 0.6) is 0 Å². The molecule has 0 saturated heterocycles. The van der Waals surface area contributed by atoms with Crippen LogP contribution in [0.2, 0.25) is 0 Å².